The van der Waals surface area contributed by atoms with Gasteiger partial charge in [-0.05, 0) is 0 Å². The molecule has 0 heterocycles. The largest absolute Gasteiger partial charge is 0.498 e. The van der Waals surface area contributed by atoms with Gasteiger partial charge in [0.2, 0.25) is 4.84 Å². The molecule has 0 saturated heterocycles. The molecule has 0 aliphatic rings. The van der Waals surface area contributed by atoms with Gasteiger partial charge in [0.05, 0.1) is 6.26 Å². The highest BCUT2D eigenvalue weighted by Crippen LogP contribution is 2.03. The lowest BCUT2D eigenvalue weighted by Gasteiger charge is -2.03. The Morgan fingerprint density at radius 2 is 2.18 bits per heavy atom. The summed E-state index contributed by atoms with van der Waals surface area (Å²) in [6, 6.07) is 0. The molecule has 0 aliphatic heterocycles. The number of hydrogen-bond acceptors (Lipinski definition) is 3. The molecule has 0 bridgehead atoms. The predicted molar refractivity (Wildman–Crippen MR) is 42.6 cm³/mol. The van der Waals surface area contributed by atoms with Crippen molar-refractivity contribution in [1.29, 1.82) is 0 Å². The molecule has 0 aliphatic carbocycles. The summed E-state index contributed by atoms with van der Waals surface area (Å²) in [5, 5.41) is 0. The zero-order valence-corrected chi connectivity index (χ0v) is 7.27. The van der Waals surface area contributed by atoms with Gasteiger partial charge in [-0.15, -0.1) is 0 Å². The molecule has 0 amide bonds. The van der Waals surface area contributed by atoms with Gasteiger partial charge in [0.25, 0.3) is 0 Å². The number of rotatable bonds is 5. The average molecular weight is 199 g/mol. The fourth-order valence-electron chi connectivity index (χ4n) is 0.337. The van der Waals surface area contributed by atoms with Crippen LogP contribution in [0.1, 0.15) is 0 Å². The van der Waals surface area contributed by atoms with Gasteiger partial charge >= 0.3 is 5.97 Å². The number of halogens is 2. The second-order valence-corrected chi connectivity index (χ2v) is 2.60. The van der Waals surface area contributed by atoms with Gasteiger partial charge in [-0.25, -0.2) is 4.79 Å². The van der Waals surface area contributed by atoms with E-state index in [0.717, 1.165) is 0 Å². The summed E-state index contributed by atoms with van der Waals surface area (Å²) < 4.78 is 9.19. The SMILES string of the molecule is C=COCCOC(=O)C(Cl)Cl. The molecule has 0 rings (SSSR count). The molecule has 0 unspecified atom stereocenters. The first-order valence-corrected chi connectivity index (χ1v) is 3.73. The van der Waals surface area contributed by atoms with E-state index in [4.69, 9.17) is 23.2 Å². The van der Waals surface area contributed by atoms with Crippen molar-refractivity contribution in [2.75, 3.05) is 13.2 Å². The number of ether oxygens (including phenoxy) is 2. The van der Waals surface area contributed by atoms with Crippen LogP contribution >= 0.6 is 23.2 Å². The Bertz CT molecular complexity index is 136. The van der Waals surface area contributed by atoms with Crippen LogP contribution in [0, 0.1) is 0 Å². The third-order valence-corrected chi connectivity index (χ3v) is 1.10. The van der Waals surface area contributed by atoms with Gasteiger partial charge in [0, 0.05) is 0 Å². The zero-order valence-electron chi connectivity index (χ0n) is 5.76. The van der Waals surface area contributed by atoms with Crippen LogP contribution in [0.5, 0.6) is 0 Å². The summed E-state index contributed by atoms with van der Waals surface area (Å²) in [7, 11) is 0. The normalized spacial score (nSPS) is 9.36. The van der Waals surface area contributed by atoms with E-state index in [1.54, 1.807) is 0 Å². The fourth-order valence-corrected chi connectivity index (χ4v) is 0.463. The van der Waals surface area contributed by atoms with Crippen molar-refractivity contribution in [2.45, 2.75) is 4.84 Å². The first-order valence-electron chi connectivity index (χ1n) is 2.85. The highest BCUT2D eigenvalue weighted by molar-refractivity contribution is 6.52. The van der Waals surface area contributed by atoms with Crippen LogP contribution < -0.4 is 0 Å². The quantitative estimate of drug-likeness (QED) is 0.291. The number of carbonyl (C=O) groups is 1. The highest BCUT2D eigenvalue weighted by atomic mass is 35.5. The molecule has 0 aromatic rings. The van der Waals surface area contributed by atoms with Gasteiger partial charge in [-0.1, -0.05) is 29.8 Å². The minimum Gasteiger partial charge on any atom is -0.498 e. The third kappa shape index (κ3) is 6.01. The molecule has 0 N–H and O–H groups in total. The average Bonchev–Trinajstić information content (AvgIpc) is 1.97. The lowest BCUT2D eigenvalue weighted by Crippen LogP contribution is -2.15. The van der Waals surface area contributed by atoms with Crippen molar-refractivity contribution in [2.24, 2.45) is 0 Å². The molecule has 0 saturated carbocycles. The Morgan fingerprint density at radius 3 is 2.64 bits per heavy atom. The maximum Gasteiger partial charge on any atom is 0.339 e. The topological polar surface area (TPSA) is 35.5 Å². The summed E-state index contributed by atoms with van der Waals surface area (Å²) in [6.45, 7) is 3.68. The van der Waals surface area contributed by atoms with Crippen LogP contribution in [0.2, 0.25) is 0 Å². The van der Waals surface area contributed by atoms with E-state index >= 15 is 0 Å². The zero-order chi connectivity index (χ0) is 8.69. The van der Waals surface area contributed by atoms with E-state index < -0.39 is 10.8 Å². The summed E-state index contributed by atoms with van der Waals surface area (Å²) >= 11 is 10.3. The molecule has 64 valence electrons. The molecule has 0 spiro atoms. The molecule has 0 radical (unpaired) electrons. The monoisotopic (exact) mass is 198 g/mol. The van der Waals surface area contributed by atoms with E-state index in [-0.39, 0.29) is 13.2 Å². The Morgan fingerprint density at radius 1 is 1.55 bits per heavy atom. The Balaban J connectivity index is 3.24. The summed E-state index contributed by atoms with van der Waals surface area (Å²) in [5.41, 5.74) is 0. The van der Waals surface area contributed by atoms with Gasteiger partial charge in [-0.2, -0.15) is 0 Å². The summed E-state index contributed by atoms with van der Waals surface area (Å²) in [5.74, 6) is -0.666. The minimum absolute atomic E-state index is 0.126. The van der Waals surface area contributed by atoms with Crippen LogP contribution in [0.4, 0.5) is 0 Å². The molecule has 11 heavy (non-hydrogen) atoms. The molecule has 5 heteroatoms. The highest BCUT2D eigenvalue weighted by Gasteiger charge is 2.11. The maximum absolute atomic E-state index is 10.5. The number of alkyl halides is 2. The Labute approximate surface area is 74.9 Å². The Kier molecular flexibility index (Phi) is 6.07. The second kappa shape index (κ2) is 6.31. The number of esters is 1. The number of carbonyl (C=O) groups excluding carboxylic acids is 1. The molecule has 0 fully saturated rings. The summed E-state index contributed by atoms with van der Waals surface area (Å²) in [6.07, 6.45) is 1.26. The fraction of sp³-hybridized carbons (Fsp3) is 0.500. The van der Waals surface area contributed by atoms with Crippen molar-refractivity contribution in [3.63, 3.8) is 0 Å². The smallest absolute Gasteiger partial charge is 0.339 e. The second-order valence-electron chi connectivity index (χ2n) is 1.51. The van der Waals surface area contributed by atoms with Crippen molar-refractivity contribution >= 4 is 29.2 Å². The van der Waals surface area contributed by atoms with Crippen LogP contribution in [0.3, 0.4) is 0 Å². The van der Waals surface area contributed by atoms with E-state index in [0.29, 0.717) is 0 Å². The standard InChI is InChI=1S/C6H8Cl2O3/c1-2-10-3-4-11-6(9)5(7)8/h2,5H,1,3-4H2. The van der Waals surface area contributed by atoms with Crippen LogP contribution in [-0.2, 0) is 14.3 Å². The molecular weight excluding hydrogens is 191 g/mol. The van der Waals surface area contributed by atoms with Gasteiger partial charge < -0.3 is 9.47 Å². The third-order valence-electron chi connectivity index (χ3n) is 0.742. The molecule has 3 nitrogen and oxygen atoms in total. The van der Waals surface area contributed by atoms with Gasteiger partial charge in [0.1, 0.15) is 13.2 Å². The van der Waals surface area contributed by atoms with Crippen molar-refractivity contribution in [1.82, 2.24) is 0 Å². The van der Waals surface area contributed by atoms with Crippen molar-refractivity contribution in [3.8, 4) is 0 Å². The van der Waals surface area contributed by atoms with E-state index in [2.05, 4.69) is 16.1 Å². The lowest BCUT2D eigenvalue weighted by atomic mass is 10.7. The van der Waals surface area contributed by atoms with Gasteiger partial charge in [0.15, 0.2) is 0 Å². The van der Waals surface area contributed by atoms with Crippen molar-refractivity contribution in [3.05, 3.63) is 12.8 Å². The number of hydrogen-bond donors (Lipinski definition) is 0. The molecular formula is C6H8Cl2O3. The molecule has 0 atom stereocenters. The van der Waals surface area contributed by atoms with Crippen LogP contribution in [0.15, 0.2) is 12.8 Å². The van der Waals surface area contributed by atoms with Crippen LogP contribution in [-0.4, -0.2) is 24.0 Å². The van der Waals surface area contributed by atoms with Gasteiger partial charge in [-0.3, -0.25) is 0 Å². The van der Waals surface area contributed by atoms with E-state index in [1.807, 2.05) is 0 Å². The maximum atomic E-state index is 10.5. The summed E-state index contributed by atoms with van der Waals surface area (Å²) in [4.78, 5) is 9.41. The van der Waals surface area contributed by atoms with Crippen molar-refractivity contribution < 1.29 is 14.3 Å². The lowest BCUT2D eigenvalue weighted by molar-refractivity contribution is -0.142. The molecule has 0 aromatic heterocycles. The first kappa shape index (κ1) is 10.6. The predicted octanol–water partition coefficient (Wildman–Crippen LogP) is 1.49. The van der Waals surface area contributed by atoms with E-state index in [9.17, 15) is 4.79 Å². The Hall–Kier alpha value is -0.410. The minimum atomic E-state index is -1.13. The molecule has 0 aromatic carbocycles. The van der Waals surface area contributed by atoms with E-state index in [1.165, 1.54) is 6.26 Å². The van der Waals surface area contributed by atoms with Crippen LogP contribution in [0.25, 0.3) is 0 Å². The first-order chi connectivity index (χ1) is 5.18.